The van der Waals surface area contributed by atoms with E-state index >= 15 is 0 Å². The largest absolute Gasteiger partial charge is 0.497 e. The molecule has 0 bridgehead atoms. The van der Waals surface area contributed by atoms with Gasteiger partial charge in [-0.25, -0.2) is 4.79 Å². The van der Waals surface area contributed by atoms with Crippen LogP contribution in [0.3, 0.4) is 0 Å². The molecule has 2 aromatic rings. The molecule has 0 spiro atoms. The number of hydrogen-bond acceptors (Lipinski definition) is 5. The highest BCUT2D eigenvalue weighted by Gasteiger charge is 2.39. The fourth-order valence-corrected chi connectivity index (χ4v) is 4.39. The second kappa shape index (κ2) is 8.80. The van der Waals surface area contributed by atoms with Crippen LogP contribution < -0.4 is 10.1 Å². The maximum Gasteiger partial charge on any atom is 0.337 e. The summed E-state index contributed by atoms with van der Waals surface area (Å²) in [6, 6.07) is 15.4. The molecule has 0 saturated heterocycles. The van der Waals surface area contributed by atoms with Gasteiger partial charge >= 0.3 is 5.97 Å². The Morgan fingerprint density at radius 3 is 2.58 bits per heavy atom. The van der Waals surface area contributed by atoms with E-state index in [4.69, 9.17) is 9.47 Å². The van der Waals surface area contributed by atoms with Crippen LogP contribution >= 0.6 is 0 Å². The molecule has 5 heteroatoms. The first-order valence-electron chi connectivity index (χ1n) is 10.6. The Bertz CT molecular complexity index is 1080. The summed E-state index contributed by atoms with van der Waals surface area (Å²) in [5.74, 6) is 0.0395. The van der Waals surface area contributed by atoms with Crippen molar-refractivity contribution in [3.8, 4) is 5.75 Å². The zero-order valence-electron chi connectivity index (χ0n) is 18.2. The number of carbonyl (C=O) groups excluding carboxylic acids is 2. The van der Waals surface area contributed by atoms with E-state index in [0.29, 0.717) is 17.6 Å². The molecule has 0 aromatic heterocycles. The van der Waals surface area contributed by atoms with Gasteiger partial charge in [-0.1, -0.05) is 42.0 Å². The lowest BCUT2D eigenvalue weighted by atomic mass is 9.75. The Hall–Kier alpha value is -3.34. The van der Waals surface area contributed by atoms with Gasteiger partial charge in [0.25, 0.3) is 0 Å². The molecular formula is C26H27NO4. The number of hydrogen-bond donors (Lipinski definition) is 1. The molecule has 5 nitrogen and oxygen atoms in total. The van der Waals surface area contributed by atoms with Gasteiger partial charge in [0.05, 0.1) is 12.7 Å². The third-order valence-corrected chi connectivity index (χ3v) is 5.90. The van der Waals surface area contributed by atoms with E-state index < -0.39 is 11.9 Å². The number of dihydropyridines is 1. The molecule has 0 fully saturated rings. The van der Waals surface area contributed by atoms with Crippen LogP contribution in [0.25, 0.3) is 0 Å². The van der Waals surface area contributed by atoms with Crippen molar-refractivity contribution in [3.05, 3.63) is 87.8 Å². The maximum atomic E-state index is 13.3. The number of carbonyl (C=O) groups is 2. The fourth-order valence-electron chi connectivity index (χ4n) is 4.39. The molecule has 1 heterocycles. The highest BCUT2D eigenvalue weighted by atomic mass is 16.5. The minimum Gasteiger partial charge on any atom is -0.497 e. The van der Waals surface area contributed by atoms with Crippen molar-refractivity contribution < 1.29 is 19.1 Å². The quantitative estimate of drug-likeness (QED) is 0.714. The first-order valence-corrected chi connectivity index (χ1v) is 10.6. The van der Waals surface area contributed by atoms with Crippen LogP contribution in [0.4, 0.5) is 0 Å². The van der Waals surface area contributed by atoms with Crippen LogP contribution in [0.15, 0.2) is 71.1 Å². The van der Waals surface area contributed by atoms with Crippen molar-refractivity contribution in [3.63, 3.8) is 0 Å². The second-order valence-electron chi connectivity index (χ2n) is 8.10. The summed E-state index contributed by atoms with van der Waals surface area (Å²) < 4.78 is 10.9. The standard InChI is InChI=1S/C26H27NO4/c1-16-6-4-7-19(14-16)24-23(17(2)27-21-8-5-9-22(28)25(21)24)26(29)31-15-18-10-12-20(30-3)13-11-18/h4,6-7,10-14,24,27H,5,8-9,15H2,1-3H3/t24-/m1/s1. The second-order valence-corrected chi connectivity index (χ2v) is 8.10. The van der Waals surface area contributed by atoms with Gasteiger partial charge in [-0.05, 0) is 49.9 Å². The average Bonchev–Trinajstić information content (AvgIpc) is 2.77. The molecule has 31 heavy (non-hydrogen) atoms. The van der Waals surface area contributed by atoms with Gasteiger partial charge in [-0.3, -0.25) is 4.79 Å². The summed E-state index contributed by atoms with van der Waals surface area (Å²) in [5.41, 5.74) is 5.81. The molecule has 1 aliphatic heterocycles. The molecule has 1 aliphatic carbocycles. The number of methoxy groups -OCH3 is 1. The Labute approximate surface area is 182 Å². The average molecular weight is 418 g/mol. The van der Waals surface area contributed by atoms with Gasteiger partial charge < -0.3 is 14.8 Å². The number of ether oxygens (including phenoxy) is 2. The number of aryl methyl sites for hydroxylation is 1. The summed E-state index contributed by atoms with van der Waals surface area (Å²) in [4.78, 5) is 26.2. The van der Waals surface area contributed by atoms with E-state index in [0.717, 1.165) is 46.7 Å². The number of allylic oxidation sites excluding steroid dienone is 3. The summed E-state index contributed by atoms with van der Waals surface area (Å²) in [6.45, 7) is 4.05. The van der Waals surface area contributed by atoms with Crippen molar-refractivity contribution in [2.45, 2.75) is 45.6 Å². The van der Waals surface area contributed by atoms with Crippen LogP contribution in [0.2, 0.25) is 0 Å². The lowest BCUT2D eigenvalue weighted by Gasteiger charge is -2.34. The normalized spacial score (nSPS) is 18.4. The van der Waals surface area contributed by atoms with Crippen LogP contribution in [0, 0.1) is 6.92 Å². The Morgan fingerprint density at radius 2 is 1.87 bits per heavy atom. The summed E-state index contributed by atoms with van der Waals surface area (Å²) in [5, 5.41) is 3.33. The molecule has 2 aromatic carbocycles. The van der Waals surface area contributed by atoms with E-state index in [9.17, 15) is 9.59 Å². The molecule has 0 radical (unpaired) electrons. The van der Waals surface area contributed by atoms with Crippen LogP contribution in [0.1, 0.15) is 48.8 Å². The number of benzene rings is 2. The number of nitrogens with one attached hydrogen (secondary N) is 1. The predicted molar refractivity (Wildman–Crippen MR) is 118 cm³/mol. The minimum atomic E-state index is -0.410. The predicted octanol–water partition coefficient (Wildman–Crippen LogP) is 4.71. The highest BCUT2D eigenvalue weighted by Crippen LogP contribution is 2.42. The van der Waals surface area contributed by atoms with Crippen LogP contribution in [0.5, 0.6) is 5.75 Å². The number of ketones is 1. The molecule has 1 atom stereocenters. The summed E-state index contributed by atoms with van der Waals surface area (Å²) in [7, 11) is 1.61. The highest BCUT2D eigenvalue weighted by molar-refractivity contribution is 6.03. The topological polar surface area (TPSA) is 64.6 Å². The van der Waals surface area contributed by atoms with Gasteiger partial charge in [0, 0.05) is 29.3 Å². The molecule has 0 unspecified atom stereocenters. The number of rotatable bonds is 5. The smallest absolute Gasteiger partial charge is 0.337 e. The molecule has 0 saturated carbocycles. The van der Waals surface area contributed by atoms with Crippen molar-refractivity contribution >= 4 is 11.8 Å². The lowest BCUT2D eigenvalue weighted by Crippen LogP contribution is -2.34. The van der Waals surface area contributed by atoms with Crippen molar-refractivity contribution in [1.29, 1.82) is 0 Å². The van der Waals surface area contributed by atoms with E-state index in [1.165, 1.54) is 0 Å². The van der Waals surface area contributed by atoms with Crippen LogP contribution in [-0.2, 0) is 20.9 Å². The van der Waals surface area contributed by atoms with E-state index in [1.54, 1.807) is 7.11 Å². The van der Waals surface area contributed by atoms with Gasteiger partial charge in [0.1, 0.15) is 12.4 Å². The molecule has 1 N–H and O–H groups in total. The van der Waals surface area contributed by atoms with Crippen molar-refractivity contribution in [1.82, 2.24) is 5.32 Å². The monoisotopic (exact) mass is 417 g/mol. The SMILES string of the molecule is COc1ccc(COC(=O)C2=C(C)NC3=C(C(=O)CCC3)[C@@H]2c2cccc(C)c2)cc1. The zero-order valence-corrected chi connectivity index (χ0v) is 18.2. The zero-order chi connectivity index (χ0) is 22.0. The first-order chi connectivity index (χ1) is 15.0. The number of esters is 1. The molecule has 0 amide bonds. The van der Waals surface area contributed by atoms with Gasteiger partial charge in [-0.2, -0.15) is 0 Å². The molecular weight excluding hydrogens is 390 g/mol. The Balaban J connectivity index is 1.66. The fraction of sp³-hybridized carbons (Fsp3) is 0.308. The minimum absolute atomic E-state index is 0.105. The van der Waals surface area contributed by atoms with Gasteiger partial charge in [0.2, 0.25) is 0 Å². The maximum absolute atomic E-state index is 13.3. The van der Waals surface area contributed by atoms with Gasteiger partial charge in [0.15, 0.2) is 5.78 Å². The van der Waals surface area contributed by atoms with E-state index in [-0.39, 0.29) is 12.4 Å². The van der Waals surface area contributed by atoms with Crippen molar-refractivity contribution in [2.24, 2.45) is 0 Å². The molecule has 160 valence electrons. The number of Topliss-reactive ketones (excluding diaryl/α,β-unsaturated/α-hetero) is 1. The molecule has 4 rings (SSSR count). The molecule has 2 aliphatic rings. The first kappa shape index (κ1) is 20.9. The Morgan fingerprint density at radius 1 is 1.10 bits per heavy atom. The van der Waals surface area contributed by atoms with Crippen LogP contribution in [-0.4, -0.2) is 18.9 Å². The third kappa shape index (κ3) is 4.26. The van der Waals surface area contributed by atoms with Gasteiger partial charge in [-0.15, -0.1) is 0 Å². The Kier molecular flexibility index (Phi) is 5.94. The summed E-state index contributed by atoms with van der Waals surface area (Å²) >= 11 is 0. The van der Waals surface area contributed by atoms with E-state index in [1.807, 2.05) is 62.4 Å². The summed E-state index contributed by atoms with van der Waals surface area (Å²) in [6.07, 6.45) is 2.15. The van der Waals surface area contributed by atoms with Crippen molar-refractivity contribution in [2.75, 3.05) is 7.11 Å². The lowest BCUT2D eigenvalue weighted by molar-refractivity contribution is -0.140. The van der Waals surface area contributed by atoms with E-state index in [2.05, 4.69) is 5.32 Å². The third-order valence-electron chi connectivity index (χ3n) is 5.90.